The summed E-state index contributed by atoms with van der Waals surface area (Å²) in [5, 5.41) is 23.2. The van der Waals surface area contributed by atoms with Gasteiger partial charge in [-0.15, -0.1) is 0 Å². The van der Waals surface area contributed by atoms with E-state index in [0.29, 0.717) is 34.6 Å². The summed E-state index contributed by atoms with van der Waals surface area (Å²) in [6.07, 6.45) is 3.27. The molecular formula is C28H33FN4O9. The van der Waals surface area contributed by atoms with Gasteiger partial charge in [0.25, 0.3) is 30.5 Å². The summed E-state index contributed by atoms with van der Waals surface area (Å²) in [6, 6.07) is 4.21. The lowest BCUT2D eigenvalue weighted by Gasteiger charge is -2.22. The molecule has 0 saturated carbocycles. The first-order valence-corrected chi connectivity index (χ1v) is 13.1. The minimum atomic E-state index is -2.30. The van der Waals surface area contributed by atoms with Crippen LogP contribution in [0.3, 0.4) is 0 Å². The molecule has 0 aliphatic carbocycles. The number of amides is 2. The molecule has 3 heterocycles. The highest BCUT2D eigenvalue weighted by atomic mass is 19.1. The molecule has 4 rings (SSSR count). The molecule has 2 aliphatic heterocycles. The standard InChI is InChI=1S/C22H25FN4O2.C6H8O7/c1-13-19(12-17-16-11-15(23)5-6-18(16)26-21(17)28)25-14(2)20(13)22(29)24-7-10-27-8-3-4-9-27;7-3-12-2-6(11,13-4-8)1-5(9)10/h5-6,11-12,25H,3-4,7-10H2,1-2H3,(H,24,29)(H,26,28);3-4,11H,1-2H2,(H,9,10)/b17-12-;. The number of nitrogens with one attached hydrogen (secondary N) is 3. The molecule has 5 N–H and O–H groups in total. The van der Waals surface area contributed by atoms with Crippen molar-refractivity contribution in [2.75, 3.05) is 38.1 Å². The predicted molar refractivity (Wildman–Crippen MR) is 148 cm³/mol. The van der Waals surface area contributed by atoms with Crippen molar-refractivity contribution in [3.63, 3.8) is 0 Å². The lowest BCUT2D eigenvalue weighted by Crippen LogP contribution is -2.39. The molecule has 1 fully saturated rings. The van der Waals surface area contributed by atoms with Crippen LogP contribution < -0.4 is 10.6 Å². The summed E-state index contributed by atoms with van der Waals surface area (Å²) in [7, 11) is 0. The number of aliphatic carboxylic acids is 1. The van der Waals surface area contributed by atoms with Crippen LogP contribution in [0, 0.1) is 19.7 Å². The minimum Gasteiger partial charge on any atom is -0.481 e. The zero-order valence-corrected chi connectivity index (χ0v) is 23.2. The average molecular weight is 589 g/mol. The van der Waals surface area contributed by atoms with E-state index < -0.39 is 30.6 Å². The maximum atomic E-state index is 13.7. The number of carboxylic acid groups (broad SMARTS) is 1. The van der Waals surface area contributed by atoms with Gasteiger partial charge in [-0.25, -0.2) is 4.39 Å². The van der Waals surface area contributed by atoms with Crippen molar-refractivity contribution in [2.45, 2.75) is 38.9 Å². The maximum absolute atomic E-state index is 13.7. The molecule has 2 aromatic rings. The van der Waals surface area contributed by atoms with Crippen LogP contribution in [0.1, 0.15) is 52.1 Å². The van der Waals surface area contributed by atoms with Crippen LogP contribution in [0.4, 0.5) is 10.1 Å². The van der Waals surface area contributed by atoms with Gasteiger partial charge >= 0.3 is 5.97 Å². The second-order valence-corrected chi connectivity index (χ2v) is 9.81. The van der Waals surface area contributed by atoms with Crippen molar-refractivity contribution < 1.29 is 48.0 Å². The predicted octanol–water partition coefficient (Wildman–Crippen LogP) is 1.58. The number of rotatable bonds is 12. The molecule has 1 aromatic carbocycles. The third-order valence-electron chi connectivity index (χ3n) is 6.74. The van der Waals surface area contributed by atoms with Gasteiger partial charge in [-0.05, 0) is 69.6 Å². The summed E-state index contributed by atoms with van der Waals surface area (Å²) in [6.45, 7) is 6.50. The van der Waals surface area contributed by atoms with Gasteiger partial charge in [0.1, 0.15) is 12.2 Å². The highest BCUT2D eigenvalue weighted by Gasteiger charge is 2.33. The Morgan fingerprint density at radius 2 is 1.90 bits per heavy atom. The third kappa shape index (κ3) is 8.24. The van der Waals surface area contributed by atoms with Gasteiger partial charge in [-0.2, -0.15) is 0 Å². The quantitative estimate of drug-likeness (QED) is 0.138. The molecule has 1 unspecified atom stereocenters. The third-order valence-corrected chi connectivity index (χ3v) is 6.74. The largest absolute Gasteiger partial charge is 0.481 e. The first kappa shape index (κ1) is 32.0. The number of aliphatic hydroxyl groups is 1. The van der Waals surface area contributed by atoms with E-state index in [-0.39, 0.29) is 24.8 Å². The lowest BCUT2D eigenvalue weighted by molar-refractivity contribution is -0.220. The van der Waals surface area contributed by atoms with E-state index in [1.54, 1.807) is 12.1 Å². The van der Waals surface area contributed by atoms with Crippen molar-refractivity contribution in [2.24, 2.45) is 0 Å². The van der Waals surface area contributed by atoms with Gasteiger partial charge in [0.05, 0.1) is 11.1 Å². The first-order chi connectivity index (χ1) is 20.0. The van der Waals surface area contributed by atoms with E-state index in [2.05, 4.69) is 30.0 Å². The van der Waals surface area contributed by atoms with Crippen molar-refractivity contribution in [1.29, 1.82) is 0 Å². The second-order valence-electron chi connectivity index (χ2n) is 9.81. The Hall–Kier alpha value is -4.56. The van der Waals surface area contributed by atoms with Gasteiger partial charge < -0.3 is 40.2 Å². The Balaban J connectivity index is 0.000000316. The number of carbonyl (C=O) groups is 5. The fraction of sp³-hybridized carbons (Fsp3) is 0.393. The number of hydrogen-bond acceptors (Lipinski definition) is 9. The fourth-order valence-electron chi connectivity index (χ4n) is 4.75. The number of halogens is 1. The molecule has 42 heavy (non-hydrogen) atoms. The zero-order chi connectivity index (χ0) is 30.9. The van der Waals surface area contributed by atoms with Crippen molar-refractivity contribution in [3.05, 3.63) is 52.1 Å². The number of anilines is 1. The van der Waals surface area contributed by atoms with E-state index in [1.165, 1.54) is 25.0 Å². The number of carbonyl (C=O) groups excluding carboxylic acids is 4. The minimum absolute atomic E-state index is 0.000976. The Labute approximate surface area is 240 Å². The van der Waals surface area contributed by atoms with Gasteiger partial charge in [0, 0.05) is 35.7 Å². The SMILES string of the molecule is Cc1[nH]c(/C=C2\C(=O)Nc3ccc(F)cc32)c(C)c1C(=O)NCCN1CCCC1.O=COCC(O)(CC(=O)O)OC=O. The zero-order valence-electron chi connectivity index (χ0n) is 23.2. The molecule has 1 atom stereocenters. The second kappa shape index (κ2) is 14.4. The van der Waals surface area contributed by atoms with E-state index in [1.807, 2.05) is 13.8 Å². The Morgan fingerprint density at radius 3 is 2.55 bits per heavy atom. The van der Waals surface area contributed by atoms with Crippen LogP contribution in [-0.2, 0) is 28.7 Å². The number of nitrogens with zero attached hydrogens (tertiary/aromatic N) is 1. The molecule has 2 amide bonds. The maximum Gasteiger partial charge on any atom is 0.310 e. The number of aromatic amines is 1. The van der Waals surface area contributed by atoms with Gasteiger partial charge in [-0.1, -0.05) is 0 Å². The van der Waals surface area contributed by atoms with E-state index in [0.717, 1.165) is 30.9 Å². The number of aryl methyl sites for hydroxylation is 1. The topological polar surface area (TPSA) is 187 Å². The van der Waals surface area contributed by atoms with E-state index in [4.69, 9.17) is 5.11 Å². The Kier molecular flexibility index (Phi) is 10.9. The van der Waals surface area contributed by atoms with E-state index >= 15 is 0 Å². The molecule has 0 bridgehead atoms. The summed E-state index contributed by atoms with van der Waals surface area (Å²) in [5.41, 5.74) is 4.27. The number of aromatic nitrogens is 1. The van der Waals surface area contributed by atoms with E-state index in [9.17, 15) is 33.5 Å². The summed E-state index contributed by atoms with van der Waals surface area (Å²) >= 11 is 0. The fourth-order valence-corrected chi connectivity index (χ4v) is 4.75. The first-order valence-electron chi connectivity index (χ1n) is 13.1. The van der Waals surface area contributed by atoms with Gasteiger partial charge in [0.15, 0.2) is 6.61 Å². The Morgan fingerprint density at radius 1 is 1.19 bits per heavy atom. The summed E-state index contributed by atoms with van der Waals surface area (Å²) in [5.74, 6) is -4.49. The highest BCUT2D eigenvalue weighted by Crippen LogP contribution is 2.34. The van der Waals surface area contributed by atoms with Crippen LogP contribution in [-0.4, -0.2) is 89.4 Å². The van der Waals surface area contributed by atoms with Crippen LogP contribution in [0.2, 0.25) is 0 Å². The molecule has 14 heteroatoms. The number of hydrogen-bond donors (Lipinski definition) is 5. The molecule has 0 spiro atoms. The van der Waals surface area contributed by atoms with Gasteiger partial charge in [0.2, 0.25) is 0 Å². The van der Waals surface area contributed by atoms with Crippen LogP contribution in [0.15, 0.2) is 18.2 Å². The smallest absolute Gasteiger partial charge is 0.310 e. The normalized spacial score (nSPS) is 16.5. The molecule has 226 valence electrons. The Bertz CT molecular complexity index is 1370. The molecule has 2 aliphatic rings. The van der Waals surface area contributed by atoms with Crippen LogP contribution in [0.5, 0.6) is 0 Å². The number of H-pyrrole nitrogens is 1. The molecule has 1 aromatic heterocycles. The molecular weight excluding hydrogens is 555 g/mol. The van der Waals surface area contributed by atoms with Crippen molar-refractivity contribution in [1.82, 2.24) is 15.2 Å². The van der Waals surface area contributed by atoms with Crippen LogP contribution in [0.25, 0.3) is 11.6 Å². The summed E-state index contributed by atoms with van der Waals surface area (Å²) in [4.78, 5) is 60.3. The molecule has 1 saturated heterocycles. The van der Waals surface area contributed by atoms with Crippen molar-refractivity contribution >= 4 is 48.1 Å². The van der Waals surface area contributed by atoms with Gasteiger partial charge in [-0.3, -0.25) is 24.0 Å². The highest BCUT2D eigenvalue weighted by molar-refractivity contribution is 6.34. The average Bonchev–Trinajstić information content (AvgIpc) is 3.61. The van der Waals surface area contributed by atoms with Crippen LogP contribution >= 0.6 is 0 Å². The number of carboxylic acids is 1. The van der Waals surface area contributed by atoms with Crippen molar-refractivity contribution in [3.8, 4) is 0 Å². The summed E-state index contributed by atoms with van der Waals surface area (Å²) < 4.78 is 21.8. The number of likely N-dealkylation sites (tertiary alicyclic amines) is 1. The molecule has 13 nitrogen and oxygen atoms in total. The lowest BCUT2D eigenvalue weighted by atomic mass is 10.0. The number of fused-ring (bicyclic) bond motifs is 1. The number of ether oxygens (including phenoxy) is 2. The number of benzene rings is 1. The monoisotopic (exact) mass is 588 g/mol. The molecule has 0 radical (unpaired) electrons.